The molecule has 5 nitrogen and oxygen atoms in total. The average Bonchev–Trinajstić information content (AvgIpc) is 2.79. The molecule has 1 unspecified atom stereocenters. The number of likely N-dealkylation sites (tertiary alicyclic amines) is 1. The number of nitrogens with zero attached hydrogens (tertiary/aromatic N) is 2. The number of carbonyl (C=O) groups excluding carboxylic acids is 1. The van der Waals surface area contributed by atoms with Crippen molar-refractivity contribution in [3.05, 3.63) is 10.0 Å². The second kappa shape index (κ2) is 6.54. The molecule has 2 heterocycles. The van der Waals surface area contributed by atoms with E-state index in [2.05, 4.69) is 26.9 Å². The highest BCUT2D eigenvalue weighted by molar-refractivity contribution is 7.18. The Morgan fingerprint density at radius 2 is 2.47 bits per heavy atom. The van der Waals surface area contributed by atoms with E-state index in [4.69, 9.17) is 11.6 Å². The molecule has 2 rings (SSSR count). The number of thiazole rings is 1. The van der Waals surface area contributed by atoms with E-state index < -0.39 is 5.97 Å². The molecule has 1 atom stereocenters. The van der Waals surface area contributed by atoms with E-state index in [1.54, 1.807) is 0 Å². The second-order valence-corrected chi connectivity index (χ2v) is 5.86. The van der Waals surface area contributed by atoms with E-state index in [1.807, 2.05) is 0 Å². The van der Waals surface area contributed by atoms with Crippen LogP contribution >= 0.6 is 22.9 Å². The molecule has 0 bridgehead atoms. The van der Waals surface area contributed by atoms with Crippen molar-refractivity contribution in [1.82, 2.24) is 9.88 Å². The van der Waals surface area contributed by atoms with Crippen molar-refractivity contribution < 1.29 is 9.53 Å². The summed E-state index contributed by atoms with van der Waals surface area (Å²) >= 11 is 7.19. The van der Waals surface area contributed by atoms with Gasteiger partial charge in [0.2, 0.25) is 0 Å². The topological polar surface area (TPSA) is 54.5 Å². The summed E-state index contributed by atoms with van der Waals surface area (Å²) in [6.07, 6.45) is 2.29. The second-order valence-electron chi connectivity index (χ2n) is 4.51. The molecule has 19 heavy (non-hydrogen) atoms. The molecule has 1 aliphatic rings. The Bertz CT molecular complexity index is 452. The van der Waals surface area contributed by atoms with Crippen LogP contribution in [0.25, 0.3) is 0 Å². The van der Waals surface area contributed by atoms with Crippen molar-refractivity contribution in [2.75, 3.05) is 32.1 Å². The number of rotatable bonds is 4. The molecule has 1 N–H and O–H groups in total. The first-order chi connectivity index (χ1) is 9.13. The van der Waals surface area contributed by atoms with Crippen molar-refractivity contribution >= 4 is 34.0 Å². The highest BCUT2D eigenvalue weighted by atomic mass is 35.5. The maximum absolute atomic E-state index is 11.5. The van der Waals surface area contributed by atoms with Gasteiger partial charge in [0.05, 0.1) is 7.11 Å². The zero-order valence-corrected chi connectivity index (χ0v) is 12.7. The highest BCUT2D eigenvalue weighted by Gasteiger charge is 2.22. The monoisotopic (exact) mass is 303 g/mol. The molecule has 1 saturated heterocycles. The van der Waals surface area contributed by atoms with Gasteiger partial charge in [-0.1, -0.05) is 29.9 Å². The number of nitrogens with one attached hydrogen (secondary N) is 1. The van der Waals surface area contributed by atoms with Gasteiger partial charge in [-0.3, -0.25) is 0 Å². The van der Waals surface area contributed by atoms with Crippen LogP contribution in [0.3, 0.4) is 0 Å². The Hall–Kier alpha value is -0.850. The molecule has 0 aromatic carbocycles. The SMILES string of the molecule is CCN1CCCC(Nc2nc(Cl)c(C(=O)OC)s2)C1. The van der Waals surface area contributed by atoms with Gasteiger partial charge in [0.15, 0.2) is 15.2 Å². The van der Waals surface area contributed by atoms with Gasteiger partial charge in [-0.25, -0.2) is 9.78 Å². The van der Waals surface area contributed by atoms with Crippen LogP contribution in [0.2, 0.25) is 5.15 Å². The van der Waals surface area contributed by atoms with Crippen LogP contribution in [-0.2, 0) is 4.74 Å². The van der Waals surface area contributed by atoms with Gasteiger partial charge >= 0.3 is 5.97 Å². The molecule has 106 valence electrons. The third kappa shape index (κ3) is 3.58. The van der Waals surface area contributed by atoms with E-state index in [1.165, 1.54) is 24.9 Å². The molecule has 1 fully saturated rings. The van der Waals surface area contributed by atoms with Gasteiger partial charge in [-0.2, -0.15) is 0 Å². The van der Waals surface area contributed by atoms with Crippen LogP contribution in [-0.4, -0.2) is 48.6 Å². The molecule has 0 spiro atoms. The van der Waals surface area contributed by atoms with Crippen LogP contribution in [0.1, 0.15) is 29.4 Å². The average molecular weight is 304 g/mol. The molecular formula is C12H18ClN3O2S. The summed E-state index contributed by atoms with van der Waals surface area (Å²) in [6, 6.07) is 0.362. The zero-order valence-electron chi connectivity index (χ0n) is 11.1. The quantitative estimate of drug-likeness (QED) is 0.866. The van der Waals surface area contributed by atoms with Gasteiger partial charge in [-0.15, -0.1) is 0 Å². The lowest BCUT2D eigenvalue weighted by Crippen LogP contribution is -2.41. The standard InChI is InChI=1S/C12H18ClN3O2S/c1-3-16-6-4-5-8(7-16)14-12-15-10(13)9(19-12)11(17)18-2/h8H,3-7H2,1-2H3,(H,14,15). The van der Waals surface area contributed by atoms with Gasteiger partial charge in [0, 0.05) is 12.6 Å². The molecule has 1 aliphatic heterocycles. The number of piperidine rings is 1. The van der Waals surface area contributed by atoms with Gasteiger partial charge < -0.3 is 15.0 Å². The number of halogens is 1. The minimum absolute atomic E-state index is 0.211. The smallest absolute Gasteiger partial charge is 0.351 e. The number of methoxy groups -OCH3 is 1. The molecule has 0 radical (unpaired) electrons. The summed E-state index contributed by atoms with van der Waals surface area (Å²) in [7, 11) is 1.34. The number of carbonyl (C=O) groups is 1. The number of hydrogen-bond acceptors (Lipinski definition) is 6. The summed E-state index contributed by atoms with van der Waals surface area (Å²) in [5, 5.41) is 4.26. The fourth-order valence-corrected chi connectivity index (χ4v) is 3.40. The van der Waals surface area contributed by atoms with Crippen molar-refractivity contribution in [3.8, 4) is 0 Å². The van der Waals surface area contributed by atoms with Crippen LogP contribution < -0.4 is 5.32 Å². The van der Waals surface area contributed by atoms with E-state index >= 15 is 0 Å². The first kappa shape index (κ1) is 14.6. The number of ether oxygens (including phenoxy) is 1. The Morgan fingerprint density at radius 3 is 3.16 bits per heavy atom. The Balaban J connectivity index is 2.01. The van der Waals surface area contributed by atoms with Crippen LogP contribution in [0.15, 0.2) is 0 Å². The van der Waals surface area contributed by atoms with E-state index in [9.17, 15) is 4.79 Å². The predicted octanol–water partition coefficient (Wildman–Crippen LogP) is 2.48. The Morgan fingerprint density at radius 1 is 1.68 bits per heavy atom. The van der Waals surface area contributed by atoms with Gasteiger partial charge in [-0.05, 0) is 25.9 Å². The lowest BCUT2D eigenvalue weighted by Gasteiger charge is -2.32. The number of esters is 1. The highest BCUT2D eigenvalue weighted by Crippen LogP contribution is 2.28. The van der Waals surface area contributed by atoms with E-state index in [-0.39, 0.29) is 5.15 Å². The van der Waals surface area contributed by atoms with Crippen molar-refractivity contribution in [2.24, 2.45) is 0 Å². The largest absolute Gasteiger partial charge is 0.465 e. The molecule has 7 heteroatoms. The summed E-state index contributed by atoms with van der Waals surface area (Å²) in [5.41, 5.74) is 0. The Kier molecular flexibility index (Phi) is 5.01. The van der Waals surface area contributed by atoms with Crippen molar-refractivity contribution in [2.45, 2.75) is 25.8 Å². The molecule has 1 aromatic heterocycles. The normalized spacial score (nSPS) is 20.3. The van der Waals surface area contributed by atoms with Gasteiger partial charge in [0.25, 0.3) is 0 Å². The minimum atomic E-state index is -0.436. The third-order valence-corrected chi connectivity index (χ3v) is 4.59. The molecule has 0 aliphatic carbocycles. The first-order valence-corrected chi connectivity index (χ1v) is 7.57. The number of anilines is 1. The minimum Gasteiger partial charge on any atom is -0.465 e. The maximum atomic E-state index is 11.5. The molecule has 0 amide bonds. The molecule has 0 saturated carbocycles. The van der Waals surface area contributed by atoms with Crippen molar-refractivity contribution in [3.63, 3.8) is 0 Å². The third-order valence-electron chi connectivity index (χ3n) is 3.24. The summed E-state index contributed by atoms with van der Waals surface area (Å²) in [4.78, 5) is 18.4. The van der Waals surface area contributed by atoms with Crippen LogP contribution in [0.5, 0.6) is 0 Å². The fourth-order valence-electron chi connectivity index (χ4n) is 2.22. The van der Waals surface area contributed by atoms with Crippen LogP contribution in [0.4, 0.5) is 5.13 Å². The Labute approximate surface area is 121 Å². The zero-order chi connectivity index (χ0) is 13.8. The van der Waals surface area contributed by atoms with Gasteiger partial charge in [0.1, 0.15) is 0 Å². The predicted molar refractivity (Wildman–Crippen MR) is 77.2 cm³/mol. The summed E-state index contributed by atoms with van der Waals surface area (Å²) in [5.74, 6) is -0.436. The first-order valence-electron chi connectivity index (χ1n) is 6.37. The summed E-state index contributed by atoms with van der Waals surface area (Å²) < 4.78 is 4.67. The van der Waals surface area contributed by atoms with Crippen LogP contribution in [0, 0.1) is 0 Å². The fraction of sp³-hybridized carbons (Fsp3) is 0.667. The number of likely N-dealkylation sites (N-methyl/N-ethyl adjacent to an activating group) is 1. The number of hydrogen-bond donors (Lipinski definition) is 1. The lowest BCUT2D eigenvalue weighted by molar-refractivity contribution is 0.0606. The lowest BCUT2D eigenvalue weighted by atomic mass is 10.1. The maximum Gasteiger partial charge on any atom is 0.351 e. The van der Waals surface area contributed by atoms with E-state index in [0.717, 1.165) is 26.1 Å². The molecular weight excluding hydrogens is 286 g/mol. The summed E-state index contributed by atoms with van der Waals surface area (Å²) in [6.45, 7) is 5.38. The number of aromatic nitrogens is 1. The molecule has 1 aromatic rings. The van der Waals surface area contributed by atoms with Crippen molar-refractivity contribution in [1.29, 1.82) is 0 Å². The van der Waals surface area contributed by atoms with E-state index in [0.29, 0.717) is 16.1 Å².